The van der Waals surface area contributed by atoms with Gasteiger partial charge in [-0.2, -0.15) is 0 Å². The number of aryl methyl sites for hydroxylation is 1. The second-order valence-corrected chi connectivity index (χ2v) is 14.0. The number of aliphatic hydroxyl groups is 3. The van der Waals surface area contributed by atoms with Crippen LogP contribution in [0, 0.1) is 41.4 Å². The lowest BCUT2D eigenvalue weighted by atomic mass is 9.73. The van der Waals surface area contributed by atoms with Crippen molar-refractivity contribution >= 4 is 17.4 Å². The van der Waals surface area contributed by atoms with Gasteiger partial charge in [-0.05, 0) is 109 Å². The van der Waals surface area contributed by atoms with Crippen molar-refractivity contribution in [3.63, 3.8) is 0 Å². The molecule has 6 N–H and O–H groups in total. The number of hydrogen-bond donors (Lipinski definition) is 5. The topological polar surface area (TPSA) is 163 Å². The van der Waals surface area contributed by atoms with Crippen LogP contribution in [0.3, 0.4) is 0 Å². The zero-order valence-corrected chi connectivity index (χ0v) is 29.0. The van der Waals surface area contributed by atoms with Crippen LogP contribution in [0.5, 0.6) is 11.5 Å². The van der Waals surface area contributed by atoms with Crippen LogP contribution in [0.15, 0.2) is 60.8 Å². The molecular formula is C41H50N2O7. The minimum Gasteiger partial charge on any atom is -0.504 e. The molecule has 0 bridgehead atoms. The maximum atomic E-state index is 14.3. The number of aliphatic hydroxyl groups excluding tert-OH is 3. The first kappa shape index (κ1) is 37.0. The molecule has 2 aliphatic carbocycles. The number of benzene rings is 2. The number of phenols is 1. The van der Waals surface area contributed by atoms with Crippen molar-refractivity contribution in [2.45, 2.75) is 82.8 Å². The number of rotatable bonds is 10. The SMILES string of the molecule is CCC[C@@H]([C@@H]1C[C@@H](Cc2ccnc(N)c2)C[C@H]2C#C[C@H](c3ccccc3)c3cc(O)c(OC)cc3CCC(=O)[C@H](O)C(=O)[C@H]2C1)[C@H](O)CCO. The Hall–Kier alpha value is -4.23. The normalized spacial score (nSPS) is 25.4. The molecule has 9 heteroatoms. The first-order valence-corrected chi connectivity index (χ1v) is 17.8. The Balaban J connectivity index is 1.67. The second-order valence-electron chi connectivity index (χ2n) is 14.0. The molecule has 0 unspecified atom stereocenters. The number of anilines is 1. The van der Waals surface area contributed by atoms with Gasteiger partial charge in [-0.25, -0.2) is 4.98 Å². The Morgan fingerprint density at radius 2 is 1.80 bits per heavy atom. The van der Waals surface area contributed by atoms with E-state index in [0.717, 1.165) is 28.7 Å². The minimum atomic E-state index is -1.81. The van der Waals surface area contributed by atoms with E-state index >= 15 is 0 Å². The Morgan fingerprint density at radius 1 is 1.02 bits per heavy atom. The lowest BCUT2D eigenvalue weighted by Crippen LogP contribution is -2.39. The average molecular weight is 683 g/mol. The number of aromatic hydroxyl groups is 1. The van der Waals surface area contributed by atoms with Crippen molar-refractivity contribution in [1.29, 1.82) is 0 Å². The third-order valence-corrected chi connectivity index (χ3v) is 10.7. The fourth-order valence-electron chi connectivity index (χ4n) is 8.21. The molecule has 0 amide bonds. The number of nitrogen functional groups attached to an aromatic ring is 1. The van der Waals surface area contributed by atoms with Gasteiger partial charge in [-0.1, -0.05) is 55.5 Å². The summed E-state index contributed by atoms with van der Waals surface area (Å²) in [6.45, 7) is 1.90. The first-order chi connectivity index (χ1) is 24.1. The predicted octanol–water partition coefficient (Wildman–Crippen LogP) is 5.01. The summed E-state index contributed by atoms with van der Waals surface area (Å²) in [5.41, 5.74) is 9.43. The molecule has 0 aliphatic heterocycles. The summed E-state index contributed by atoms with van der Waals surface area (Å²) in [5.74, 6) is 4.58. The van der Waals surface area contributed by atoms with Gasteiger partial charge in [-0.15, -0.1) is 0 Å². The molecule has 0 spiro atoms. The van der Waals surface area contributed by atoms with Crippen LogP contribution in [0.4, 0.5) is 5.82 Å². The van der Waals surface area contributed by atoms with E-state index < -0.39 is 41.5 Å². The lowest BCUT2D eigenvalue weighted by Gasteiger charge is -2.33. The molecule has 50 heavy (non-hydrogen) atoms. The number of fused-ring (bicyclic) bond motifs is 2. The van der Waals surface area contributed by atoms with E-state index in [0.29, 0.717) is 37.9 Å². The van der Waals surface area contributed by atoms with Gasteiger partial charge in [0.05, 0.1) is 19.1 Å². The molecule has 2 aromatic carbocycles. The summed E-state index contributed by atoms with van der Waals surface area (Å²) < 4.78 is 5.40. The number of carbonyl (C=O) groups is 2. The number of phenolic OH excluding ortho intramolecular Hbond substituents is 1. The number of aromatic nitrogens is 1. The number of carbonyl (C=O) groups excluding carboxylic acids is 2. The van der Waals surface area contributed by atoms with Crippen LogP contribution in [0.1, 0.15) is 80.0 Å². The fraction of sp³-hybridized carbons (Fsp3) is 0.488. The smallest absolute Gasteiger partial charge is 0.173 e. The highest BCUT2D eigenvalue weighted by molar-refractivity contribution is 6.06. The first-order valence-electron chi connectivity index (χ1n) is 17.8. The second kappa shape index (κ2) is 17.1. The summed E-state index contributed by atoms with van der Waals surface area (Å²) >= 11 is 0. The monoisotopic (exact) mass is 682 g/mol. The number of hydrogen-bond acceptors (Lipinski definition) is 9. The number of methoxy groups -OCH3 is 1. The van der Waals surface area contributed by atoms with Gasteiger partial charge in [0, 0.05) is 31.1 Å². The molecule has 1 fully saturated rings. The number of Topliss-reactive ketones (excluding diaryl/α,β-unsaturated/α-hetero) is 2. The molecule has 0 radical (unpaired) electrons. The summed E-state index contributed by atoms with van der Waals surface area (Å²) in [4.78, 5) is 32.0. The van der Waals surface area contributed by atoms with E-state index in [1.807, 2.05) is 42.5 Å². The molecule has 1 saturated carbocycles. The molecule has 2 aliphatic rings. The maximum absolute atomic E-state index is 14.3. The Bertz CT molecular complexity index is 1680. The summed E-state index contributed by atoms with van der Waals surface area (Å²) in [6, 6.07) is 16.9. The molecule has 9 nitrogen and oxygen atoms in total. The molecule has 1 heterocycles. The van der Waals surface area contributed by atoms with E-state index in [9.17, 15) is 30.0 Å². The van der Waals surface area contributed by atoms with Crippen LogP contribution in [0.25, 0.3) is 0 Å². The van der Waals surface area contributed by atoms with Crippen molar-refractivity contribution < 1.29 is 34.8 Å². The quantitative estimate of drug-likeness (QED) is 0.146. The lowest BCUT2D eigenvalue weighted by molar-refractivity contribution is -0.142. The fourth-order valence-corrected chi connectivity index (χ4v) is 8.21. The van der Waals surface area contributed by atoms with Crippen LogP contribution in [-0.4, -0.2) is 62.9 Å². The van der Waals surface area contributed by atoms with Crippen molar-refractivity contribution in [2.75, 3.05) is 19.5 Å². The third-order valence-electron chi connectivity index (χ3n) is 10.7. The van der Waals surface area contributed by atoms with Gasteiger partial charge in [-0.3, -0.25) is 9.59 Å². The van der Waals surface area contributed by atoms with Crippen molar-refractivity contribution in [2.24, 2.45) is 29.6 Å². The van der Waals surface area contributed by atoms with E-state index in [2.05, 4.69) is 23.7 Å². The van der Waals surface area contributed by atoms with Crippen molar-refractivity contribution in [3.05, 3.63) is 83.0 Å². The average Bonchev–Trinajstić information content (AvgIpc) is 3.28. The molecule has 0 saturated heterocycles. The van der Waals surface area contributed by atoms with Crippen LogP contribution in [0.2, 0.25) is 0 Å². The van der Waals surface area contributed by atoms with Crippen LogP contribution in [-0.2, 0) is 22.4 Å². The number of pyridine rings is 1. The Kier molecular flexibility index (Phi) is 12.7. The van der Waals surface area contributed by atoms with Crippen molar-refractivity contribution in [3.8, 4) is 23.3 Å². The molecule has 1 aromatic heterocycles. The summed E-state index contributed by atoms with van der Waals surface area (Å²) in [5, 5.41) is 43.3. The number of ether oxygens (including phenoxy) is 1. The van der Waals surface area contributed by atoms with Crippen LogP contribution < -0.4 is 10.5 Å². The van der Waals surface area contributed by atoms with Gasteiger partial charge >= 0.3 is 0 Å². The molecule has 266 valence electrons. The Labute approximate surface area is 294 Å². The molecule has 5 rings (SSSR count). The largest absolute Gasteiger partial charge is 0.504 e. The van der Waals surface area contributed by atoms with Crippen molar-refractivity contribution in [1.82, 2.24) is 4.98 Å². The van der Waals surface area contributed by atoms with E-state index in [4.69, 9.17) is 10.5 Å². The molecule has 8 atom stereocenters. The highest BCUT2D eigenvalue weighted by atomic mass is 16.5. The maximum Gasteiger partial charge on any atom is 0.173 e. The van der Waals surface area contributed by atoms with Crippen LogP contribution >= 0.6 is 0 Å². The van der Waals surface area contributed by atoms with E-state index in [1.54, 1.807) is 18.3 Å². The number of nitrogens with zero attached hydrogens (tertiary/aromatic N) is 1. The molecular weight excluding hydrogens is 632 g/mol. The predicted molar refractivity (Wildman–Crippen MR) is 191 cm³/mol. The summed E-state index contributed by atoms with van der Waals surface area (Å²) in [7, 11) is 1.46. The van der Waals surface area contributed by atoms with E-state index in [1.165, 1.54) is 7.11 Å². The minimum absolute atomic E-state index is 0.0381. The van der Waals surface area contributed by atoms with E-state index in [-0.39, 0.29) is 55.1 Å². The highest BCUT2D eigenvalue weighted by Crippen LogP contribution is 2.44. The van der Waals surface area contributed by atoms with Gasteiger partial charge < -0.3 is 30.9 Å². The zero-order valence-electron chi connectivity index (χ0n) is 29.0. The third kappa shape index (κ3) is 8.73. The number of nitrogens with two attached hydrogens (primary N) is 1. The Morgan fingerprint density at radius 3 is 2.50 bits per heavy atom. The summed E-state index contributed by atoms with van der Waals surface area (Å²) in [6.07, 6.45) is 3.23. The highest BCUT2D eigenvalue weighted by Gasteiger charge is 2.43. The molecule has 3 aromatic rings. The van der Waals surface area contributed by atoms with Gasteiger partial charge in [0.1, 0.15) is 5.82 Å². The number of ketones is 2. The van der Waals surface area contributed by atoms with Gasteiger partial charge in [0.25, 0.3) is 0 Å². The standard InChI is InChI=1S/C41H50N2O7/c1-3-7-32(35(45)15-17-44)30-20-26(18-25-14-16-43-39(42)21-25)19-28-10-12-31(27-8-5-4-6-9-27)33-24-37(47)38(50-2)23-29(33)11-13-36(46)41(49)40(48)34(28)22-30/h4-6,8-9,14,16,21,23-24,26,28,30-32,34-35,41,44-45,47,49H,3,7,11,13,15,17-20,22H2,1-2H3,(H2,42,43)/t26-,28+,30+,31+,32-,34-,35+,41-/m0/s1. The van der Waals surface area contributed by atoms with Gasteiger partial charge in [0.15, 0.2) is 29.2 Å². The zero-order chi connectivity index (χ0) is 35.8. The van der Waals surface area contributed by atoms with Gasteiger partial charge in [0.2, 0.25) is 0 Å².